The molecule has 4 fully saturated rings. The predicted octanol–water partition coefficient (Wildman–Crippen LogP) is 4.12. The van der Waals surface area contributed by atoms with E-state index < -0.39 is 0 Å². The molecule has 0 heterocycles. The maximum Gasteiger partial charge on any atom is 0.312 e. The number of aryl methyl sites for hydroxylation is 2. The molecule has 5 aliphatic carbocycles. The maximum atomic E-state index is 12.8. The van der Waals surface area contributed by atoms with E-state index in [9.17, 15) is 9.59 Å². The molecule has 0 radical (unpaired) electrons. The molecule has 0 unspecified atom stereocenters. The number of hydrogen-bond donors (Lipinski definition) is 0. The molecule has 0 amide bonds. The van der Waals surface area contributed by atoms with Crippen LogP contribution in [0.25, 0.3) is 0 Å². The Morgan fingerprint density at radius 2 is 1.60 bits per heavy atom. The van der Waals surface area contributed by atoms with Crippen molar-refractivity contribution >= 4 is 11.8 Å². The fourth-order valence-electron chi connectivity index (χ4n) is 6.47. The average Bonchev–Trinajstić information content (AvgIpc) is 3.05. The molecule has 25 heavy (non-hydrogen) atoms. The molecule has 0 aliphatic heterocycles. The highest BCUT2D eigenvalue weighted by Gasteiger charge is 2.55. The molecule has 0 saturated heterocycles. The molecular formula is C22H26O3. The van der Waals surface area contributed by atoms with Crippen LogP contribution in [0, 0.1) is 23.2 Å². The van der Waals surface area contributed by atoms with Gasteiger partial charge >= 0.3 is 5.97 Å². The van der Waals surface area contributed by atoms with E-state index in [1.54, 1.807) is 0 Å². The zero-order chi connectivity index (χ0) is 17.0. The molecule has 1 aromatic rings. The van der Waals surface area contributed by atoms with E-state index in [0.29, 0.717) is 23.3 Å². The minimum atomic E-state index is -0.271. The minimum absolute atomic E-state index is 0.0622. The van der Waals surface area contributed by atoms with Gasteiger partial charge in [0.15, 0.2) is 12.4 Å². The van der Waals surface area contributed by atoms with Gasteiger partial charge in [-0.05, 0) is 92.7 Å². The molecule has 0 atom stereocenters. The summed E-state index contributed by atoms with van der Waals surface area (Å²) >= 11 is 0. The van der Waals surface area contributed by atoms with Gasteiger partial charge in [-0.25, -0.2) is 0 Å². The predicted molar refractivity (Wildman–Crippen MR) is 94.4 cm³/mol. The fraction of sp³-hybridized carbons (Fsp3) is 0.636. The lowest BCUT2D eigenvalue weighted by atomic mass is 9.49. The van der Waals surface area contributed by atoms with E-state index in [1.807, 2.05) is 12.1 Å². The number of benzene rings is 1. The molecular weight excluding hydrogens is 312 g/mol. The smallest absolute Gasteiger partial charge is 0.312 e. The number of fused-ring (bicyclic) bond motifs is 1. The molecule has 0 N–H and O–H groups in total. The number of ketones is 1. The average molecular weight is 338 g/mol. The molecule has 4 bridgehead atoms. The maximum absolute atomic E-state index is 12.8. The minimum Gasteiger partial charge on any atom is -0.457 e. The zero-order valence-electron chi connectivity index (χ0n) is 14.8. The van der Waals surface area contributed by atoms with E-state index in [0.717, 1.165) is 32.1 Å². The van der Waals surface area contributed by atoms with Gasteiger partial charge < -0.3 is 4.74 Å². The topological polar surface area (TPSA) is 43.4 Å². The first kappa shape index (κ1) is 15.6. The largest absolute Gasteiger partial charge is 0.457 e. The summed E-state index contributed by atoms with van der Waals surface area (Å²) in [4.78, 5) is 25.3. The summed E-state index contributed by atoms with van der Waals surface area (Å²) in [6.07, 6.45) is 10.2. The van der Waals surface area contributed by atoms with Crippen LogP contribution in [-0.4, -0.2) is 18.4 Å². The molecule has 3 nitrogen and oxygen atoms in total. The van der Waals surface area contributed by atoms with Gasteiger partial charge in [-0.3, -0.25) is 9.59 Å². The number of rotatable bonds is 4. The third-order valence-corrected chi connectivity index (χ3v) is 7.23. The second kappa shape index (κ2) is 5.69. The monoisotopic (exact) mass is 338 g/mol. The highest BCUT2D eigenvalue weighted by atomic mass is 16.5. The van der Waals surface area contributed by atoms with Crippen LogP contribution in [0.15, 0.2) is 18.2 Å². The SMILES string of the molecule is O=C(COC(=O)C12CC3CC(CC(C3)C1)C2)c1ccc2c(c1)CCC2. The third-order valence-electron chi connectivity index (χ3n) is 7.23. The van der Waals surface area contributed by atoms with Crippen LogP contribution in [0.5, 0.6) is 0 Å². The van der Waals surface area contributed by atoms with E-state index in [4.69, 9.17) is 4.74 Å². The number of hydrogen-bond acceptors (Lipinski definition) is 3. The van der Waals surface area contributed by atoms with Crippen LogP contribution in [0.1, 0.15) is 66.4 Å². The number of esters is 1. The molecule has 5 aliphatic rings. The molecule has 0 aromatic heterocycles. The highest BCUT2D eigenvalue weighted by molar-refractivity contribution is 5.98. The van der Waals surface area contributed by atoms with Crippen LogP contribution in [0.4, 0.5) is 0 Å². The van der Waals surface area contributed by atoms with Gasteiger partial charge in [-0.15, -0.1) is 0 Å². The van der Waals surface area contributed by atoms with Crippen LogP contribution in [0.3, 0.4) is 0 Å². The Labute approximate surface area is 149 Å². The Kier molecular flexibility index (Phi) is 3.55. The lowest BCUT2D eigenvalue weighted by molar-refractivity contribution is -0.170. The standard InChI is InChI=1S/C22H26O3/c23-20(19-5-4-17-2-1-3-18(17)9-19)13-25-21(24)22-10-14-6-15(11-22)8-16(7-14)12-22/h4-5,9,14-16H,1-3,6-8,10-13H2. The van der Waals surface area contributed by atoms with E-state index >= 15 is 0 Å². The second-order valence-corrected chi connectivity index (χ2v) is 9.03. The molecule has 4 saturated carbocycles. The summed E-state index contributed by atoms with van der Waals surface area (Å²) in [5.74, 6) is 1.98. The van der Waals surface area contributed by atoms with Gasteiger partial charge in [0.1, 0.15) is 0 Å². The lowest BCUT2D eigenvalue weighted by Crippen LogP contribution is -2.50. The van der Waals surface area contributed by atoms with Crippen LogP contribution in [-0.2, 0) is 22.4 Å². The Morgan fingerprint density at radius 1 is 0.960 bits per heavy atom. The van der Waals surface area contributed by atoms with Gasteiger partial charge in [0.05, 0.1) is 5.41 Å². The Bertz CT molecular complexity index is 698. The van der Waals surface area contributed by atoms with Crippen molar-refractivity contribution < 1.29 is 14.3 Å². The van der Waals surface area contributed by atoms with Crippen LogP contribution >= 0.6 is 0 Å². The Morgan fingerprint density at radius 3 is 2.28 bits per heavy atom. The number of carbonyl (C=O) groups excluding carboxylic acids is 2. The summed E-state index contributed by atoms with van der Waals surface area (Å²) in [5, 5.41) is 0. The fourth-order valence-corrected chi connectivity index (χ4v) is 6.47. The summed E-state index contributed by atoms with van der Waals surface area (Å²) in [6.45, 7) is -0.0978. The molecule has 6 rings (SSSR count). The van der Waals surface area contributed by atoms with Gasteiger partial charge in [0.25, 0.3) is 0 Å². The summed E-state index contributed by atoms with van der Waals surface area (Å²) in [5.41, 5.74) is 3.08. The first-order chi connectivity index (χ1) is 12.1. The van der Waals surface area contributed by atoms with E-state index in [1.165, 1.54) is 36.8 Å². The number of carbonyl (C=O) groups is 2. The highest BCUT2D eigenvalue weighted by Crippen LogP contribution is 2.60. The quantitative estimate of drug-likeness (QED) is 0.613. The number of ether oxygens (including phenoxy) is 1. The third kappa shape index (κ3) is 2.63. The Hall–Kier alpha value is -1.64. The van der Waals surface area contributed by atoms with Crippen molar-refractivity contribution in [3.05, 3.63) is 34.9 Å². The lowest BCUT2D eigenvalue weighted by Gasteiger charge is -2.55. The summed E-state index contributed by atoms with van der Waals surface area (Å²) < 4.78 is 5.57. The normalized spacial score (nSPS) is 34.8. The van der Waals surface area contributed by atoms with Crippen molar-refractivity contribution in [3.63, 3.8) is 0 Å². The molecule has 132 valence electrons. The van der Waals surface area contributed by atoms with Gasteiger partial charge in [-0.1, -0.05) is 12.1 Å². The van der Waals surface area contributed by atoms with E-state index in [-0.39, 0.29) is 23.8 Å². The molecule has 3 heteroatoms. The molecule has 1 aromatic carbocycles. The van der Waals surface area contributed by atoms with Crippen molar-refractivity contribution in [2.45, 2.75) is 57.8 Å². The van der Waals surface area contributed by atoms with Crippen molar-refractivity contribution in [1.82, 2.24) is 0 Å². The van der Waals surface area contributed by atoms with Crippen molar-refractivity contribution in [2.75, 3.05) is 6.61 Å². The first-order valence-electron chi connectivity index (χ1n) is 9.93. The second-order valence-electron chi connectivity index (χ2n) is 9.03. The van der Waals surface area contributed by atoms with Crippen LogP contribution in [0.2, 0.25) is 0 Å². The summed E-state index contributed by atoms with van der Waals surface area (Å²) in [6, 6.07) is 5.96. The van der Waals surface area contributed by atoms with Crippen LogP contribution < -0.4 is 0 Å². The van der Waals surface area contributed by atoms with Gasteiger partial charge in [0.2, 0.25) is 0 Å². The summed E-state index contributed by atoms with van der Waals surface area (Å²) in [7, 11) is 0. The molecule has 0 spiro atoms. The van der Waals surface area contributed by atoms with Gasteiger partial charge in [0, 0.05) is 5.56 Å². The number of Topliss-reactive ketones (excluding diaryl/α,β-unsaturated/α-hetero) is 1. The van der Waals surface area contributed by atoms with Crippen molar-refractivity contribution in [2.24, 2.45) is 23.2 Å². The Balaban J connectivity index is 1.25. The van der Waals surface area contributed by atoms with Crippen molar-refractivity contribution in [3.8, 4) is 0 Å². The van der Waals surface area contributed by atoms with Crippen molar-refractivity contribution in [1.29, 1.82) is 0 Å². The zero-order valence-corrected chi connectivity index (χ0v) is 14.8. The van der Waals surface area contributed by atoms with E-state index in [2.05, 4.69) is 6.07 Å². The first-order valence-corrected chi connectivity index (χ1v) is 9.93. The van der Waals surface area contributed by atoms with Gasteiger partial charge in [-0.2, -0.15) is 0 Å².